The molecule has 0 aliphatic rings. The first kappa shape index (κ1) is 26.6. The maximum Gasteiger partial charge on any atom is 0.255 e. The van der Waals surface area contributed by atoms with Crippen LogP contribution in [-0.2, 0) is 6.42 Å². The number of nitrogens with one attached hydrogen (secondary N) is 1. The van der Waals surface area contributed by atoms with Gasteiger partial charge in [0.1, 0.15) is 11.5 Å². The van der Waals surface area contributed by atoms with Gasteiger partial charge in [-0.15, -0.1) is 0 Å². The Morgan fingerprint density at radius 2 is 1.16 bits per heavy atom. The van der Waals surface area contributed by atoms with E-state index in [9.17, 15) is 14.7 Å². The van der Waals surface area contributed by atoms with Gasteiger partial charge in [-0.05, 0) is 85.6 Å². The Morgan fingerprint density at radius 3 is 1.68 bits per heavy atom. The number of hydrogen-bond donors (Lipinski definition) is 2. The minimum Gasteiger partial charge on any atom is -0.494 e. The molecule has 1 unspecified atom stereocenters. The van der Waals surface area contributed by atoms with E-state index < -0.39 is 6.10 Å². The Labute approximate surface area is 222 Å². The fourth-order valence-electron chi connectivity index (χ4n) is 4.03. The zero-order valence-corrected chi connectivity index (χ0v) is 21.5. The normalized spacial score (nSPS) is 11.4. The van der Waals surface area contributed by atoms with E-state index in [1.165, 1.54) is 0 Å². The van der Waals surface area contributed by atoms with Crippen LogP contribution in [0.2, 0.25) is 0 Å². The molecule has 0 aliphatic carbocycles. The second kappa shape index (κ2) is 12.7. The van der Waals surface area contributed by atoms with Gasteiger partial charge in [0.05, 0.1) is 19.3 Å². The van der Waals surface area contributed by atoms with Gasteiger partial charge in [0.2, 0.25) is 0 Å². The number of rotatable bonds is 11. The van der Waals surface area contributed by atoms with Crippen molar-refractivity contribution in [3.05, 3.63) is 125 Å². The summed E-state index contributed by atoms with van der Waals surface area (Å²) in [5.41, 5.74) is 3.92. The molecule has 0 radical (unpaired) electrons. The summed E-state index contributed by atoms with van der Waals surface area (Å²) in [6.45, 7) is 4.99. The molecule has 0 saturated heterocycles. The number of ketones is 1. The van der Waals surface area contributed by atoms with E-state index in [1.807, 2.05) is 50.2 Å². The summed E-state index contributed by atoms with van der Waals surface area (Å²) in [6, 6.07) is 28.4. The van der Waals surface area contributed by atoms with E-state index >= 15 is 0 Å². The largest absolute Gasteiger partial charge is 0.494 e. The molecule has 1 amide bonds. The first-order valence-corrected chi connectivity index (χ1v) is 12.7. The number of carbonyl (C=O) groups excluding carboxylic acids is 2. The Balaban J connectivity index is 1.34. The van der Waals surface area contributed by atoms with Crippen LogP contribution in [-0.4, -0.2) is 30.0 Å². The minimum absolute atomic E-state index is 0.118. The molecular weight excluding hydrogens is 478 g/mol. The summed E-state index contributed by atoms with van der Waals surface area (Å²) in [6.07, 6.45) is -0.219. The number of ether oxygens (including phenoxy) is 2. The molecule has 6 heteroatoms. The van der Waals surface area contributed by atoms with Gasteiger partial charge in [0.15, 0.2) is 5.78 Å². The van der Waals surface area contributed by atoms with Crippen molar-refractivity contribution in [2.45, 2.75) is 26.4 Å². The highest BCUT2D eigenvalue weighted by atomic mass is 16.5. The van der Waals surface area contributed by atoms with Crippen molar-refractivity contribution in [3.63, 3.8) is 0 Å². The monoisotopic (exact) mass is 509 g/mol. The average molecular weight is 510 g/mol. The first-order chi connectivity index (χ1) is 18.5. The van der Waals surface area contributed by atoms with Crippen LogP contribution in [0.15, 0.2) is 97.1 Å². The van der Waals surface area contributed by atoms with Crippen molar-refractivity contribution in [1.82, 2.24) is 0 Å². The van der Waals surface area contributed by atoms with Crippen molar-refractivity contribution >= 4 is 17.4 Å². The van der Waals surface area contributed by atoms with Crippen LogP contribution < -0.4 is 14.8 Å². The van der Waals surface area contributed by atoms with Crippen molar-refractivity contribution in [3.8, 4) is 11.5 Å². The van der Waals surface area contributed by atoms with E-state index in [2.05, 4.69) is 5.32 Å². The SMILES string of the molecule is CCOc1ccc(C(=O)Nc2ccc(C(=O)c3ccc(CC(O)c4ccc(OCC)cc4)cc3)cc2)cc1. The van der Waals surface area contributed by atoms with Crippen molar-refractivity contribution in [2.75, 3.05) is 18.5 Å². The number of anilines is 1. The molecule has 0 heterocycles. The minimum atomic E-state index is -0.655. The molecule has 194 valence electrons. The fourth-order valence-corrected chi connectivity index (χ4v) is 4.03. The van der Waals surface area contributed by atoms with E-state index in [0.29, 0.717) is 47.8 Å². The van der Waals surface area contributed by atoms with Crippen LogP contribution in [0, 0.1) is 0 Å². The molecule has 4 aromatic carbocycles. The van der Waals surface area contributed by atoms with Gasteiger partial charge in [-0.3, -0.25) is 9.59 Å². The van der Waals surface area contributed by atoms with Gasteiger partial charge in [0.25, 0.3) is 5.91 Å². The zero-order chi connectivity index (χ0) is 26.9. The summed E-state index contributed by atoms with van der Waals surface area (Å²) >= 11 is 0. The lowest BCUT2D eigenvalue weighted by molar-refractivity contribution is 0.102. The Hall–Kier alpha value is -4.42. The van der Waals surface area contributed by atoms with Crippen molar-refractivity contribution in [2.24, 2.45) is 0 Å². The molecular formula is C32H31NO5. The Kier molecular flexibility index (Phi) is 8.90. The molecule has 4 rings (SSSR count). The van der Waals surface area contributed by atoms with E-state index in [-0.39, 0.29) is 11.7 Å². The van der Waals surface area contributed by atoms with E-state index in [1.54, 1.807) is 60.7 Å². The highest BCUT2D eigenvalue weighted by Crippen LogP contribution is 2.22. The van der Waals surface area contributed by atoms with Crippen LogP contribution in [0.4, 0.5) is 5.69 Å². The highest BCUT2D eigenvalue weighted by molar-refractivity contribution is 6.09. The third-order valence-corrected chi connectivity index (χ3v) is 6.05. The zero-order valence-electron chi connectivity index (χ0n) is 21.5. The molecule has 0 aliphatic heterocycles. The van der Waals surface area contributed by atoms with Crippen molar-refractivity contribution < 1.29 is 24.2 Å². The van der Waals surface area contributed by atoms with Gasteiger partial charge < -0.3 is 19.9 Å². The lowest BCUT2D eigenvalue weighted by atomic mass is 9.98. The maximum atomic E-state index is 13.0. The molecule has 2 N–H and O–H groups in total. The van der Waals surface area contributed by atoms with Gasteiger partial charge in [-0.1, -0.05) is 36.4 Å². The lowest BCUT2D eigenvalue weighted by Gasteiger charge is -2.12. The van der Waals surface area contributed by atoms with Crippen molar-refractivity contribution in [1.29, 1.82) is 0 Å². The quantitative estimate of drug-likeness (QED) is 0.234. The number of carbonyl (C=O) groups is 2. The van der Waals surface area contributed by atoms with Crippen LogP contribution >= 0.6 is 0 Å². The Morgan fingerprint density at radius 1 is 0.684 bits per heavy atom. The van der Waals surface area contributed by atoms with Crippen LogP contribution in [0.1, 0.15) is 57.4 Å². The third-order valence-electron chi connectivity index (χ3n) is 6.05. The summed E-state index contributed by atoms with van der Waals surface area (Å²) < 4.78 is 10.9. The van der Waals surface area contributed by atoms with Gasteiger partial charge in [-0.2, -0.15) is 0 Å². The molecule has 0 bridgehead atoms. The predicted molar refractivity (Wildman–Crippen MR) is 148 cm³/mol. The van der Waals surface area contributed by atoms with Gasteiger partial charge >= 0.3 is 0 Å². The standard InChI is InChI=1S/C32H31NO5/c1-3-37-28-17-11-23(12-18-28)30(34)21-22-5-7-24(8-6-22)31(35)25-9-15-27(16-10-25)33-32(36)26-13-19-29(20-14-26)38-4-2/h5-20,30,34H,3-4,21H2,1-2H3,(H,33,36). The summed E-state index contributed by atoms with van der Waals surface area (Å²) in [5, 5.41) is 13.4. The molecule has 4 aromatic rings. The number of aliphatic hydroxyl groups excluding tert-OH is 1. The second-order valence-corrected chi connectivity index (χ2v) is 8.74. The van der Waals surface area contributed by atoms with Gasteiger partial charge in [-0.25, -0.2) is 0 Å². The average Bonchev–Trinajstić information content (AvgIpc) is 2.94. The van der Waals surface area contributed by atoms with Crippen LogP contribution in [0.3, 0.4) is 0 Å². The molecule has 0 spiro atoms. The number of benzene rings is 4. The van der Waals surface area contributed by atoms with Crippen LogP contribution in [0.25, 0.3) is 0 Å². The first-order valence-electron chi connectivity index (χ1n) is 12.7. The summed E-state index contributed by atoms with van der Waals surface area (Å²) in [5.74, 6) is 1.13. The summed E-state index contributed by atoms with van der Waals surface area (Å²) in [4.78, 5) is 25.5. The number of hydrogen-bond acceptors (Lipinski definition) is 5. The maximum absolute atomic E-state index is 13.0. The van der Waals surface area contributed by atoms with Gasteiger partial charge in [0, 0.05) is 28.8 Å². The molecule has 1 atom stereocenters. The lowest BCUT2D eigenvalue weighted by Crippen LogP contribution is -2.12. The molecule has 6 nitrogen and oxygen atoms in total. The van der Waals surface area contributed by atoms with E-state index in [0.717, 1.165) is 16.9 Å². The Bertz CT molecular complexity index is 1350. The molecule has 38 heavy (non-hydrogen) atoms. The number of aliphatic hydroxyl groups is 1. The second-order valence-electron chi connectivity index (χ2n) is 8.74. The topological polar surface area (TPSA) is 84.9 Å². The third kappa shape index (κ3) is 6.87. The highest BCUT2D eigenvalue weighted by Gasteiger charge is 2.13. The van der Waals surface area contributed by atoms with E-state index in [4.69, 9.17) is 9.47 Å². The number of amides is 1. The van der Waals surface area contributed by atoms with Crippen LogP contribution in [0.5, 0.6) is 11.5 Å². The fraction of sp³-hybridized carbons (Fsp3) is 0.188. The molecule has 0 aromatic heterocycles. The predicted octanol–water partition coefficient (Wildman–Crippen LogP) is 6.24. The smallest absolute Gasteiger partial charge is 0.255 e. The molecule has 0 saturated carbocycles. The summed E-state index contributed by atoms with van der Waals surface area (Å²) in [7, 11) is 0. The molecule has 0 fully saturated rings.